The van der Waals surface area contributed by atoms with Crippen LogP contribution in [-0.2, 0) is 13.0 Å². The Balaban J connectivity index is 2.08. The Bertz CT molecular complexity index is 457. The van der Waals surface area contributed by atoms with Crippen molar-refractivity contribution in [2.24, 2.45) is 0 Å². The molecular formula is C14H19N3. The number of nitrogens with zero attached hydrogens (tertiary/aromatic N) is 2. The van der Waals surface area contributed by atoms with E-state index in [-0.39, 0.29) is 0 Å². The highest BCUT2D eigenvalue weighted by atomic mass is 15.2. The van der Waals surface area contributed by atoms with Gasteiger partial charge in [-0.2, -0.15) is 0 Å². The summed E-state index contributed by atoms with van der Waals surface area (Å²) in [5.74, 6) is 0.899. The van der Waals surface area contributed by atoms with Crippen LogP contribution in [0.3, 0.4) is 0 Å². The largest absolute Gasteiger partial charge is 0.326 e. The van der Waals surface area contributed by atoms with Crippen LogP contribution in [0, 0.1) is 0 Å². The maximum atomic E-state index is 4.29. The van der Waals surface area contributed by atoms with E-state index in [0.717, 1.165) is 24.6 Å². The number of imidazole rings is 1. The highest BCUT2D eigenvalue weighted by Gasteiger charge is 2.01. The van der Waals surface area contributed by atoms with E-state index >= 15 is 0 Å². The minimum absolute atomic E-state index is 0.899. The molecule has 1 aromatic heterocycles. The van der Waals surface area contributed by atoms with Crippen molar-refractivity contribution in [3.05, 3.63) is 42.2 Å². The maximum Gasteiger partial charge on any atom is 0.207 e. The van der Waals surface area contributed by atoms with Crippen molar-refractivity contribution < 1.29 is 0 Å². The van der Waals surface area contributed by atoms with Gasteiger partial charge in [-0.1, -0.05) is 25.5 Å². The number of hydrogen-bond donors (Lipinski definition) is 1. The molecule has 0 saturated carbocycles. The SMILES string of the molecule is CCCc1ccc(Nc2nccn2CC)cc1. The summed E-state index contributed by atoms with van der Waals surface area (Å²) >= 11 is 0. The smallest absolute Gasteiger partial charge is 0.207 e. The fourth-order valence-corrected chi connectivity index (χ4v) is 1.86. The molecule has 0 fully saturated rings. The molecule has 1 N–H and O–H groups in total. The van der Waals surface area contributed by atoms with Gasteiger partial charge in [0.15, 0.2) is 0 Å². The lowest BCUT2D eigenvalue weighted by Gasteiger charge is -2.08. The Morgan fingerprint density at radius 3 is 2.59 bits per heavy atom. The van der Waals surface area contributed by atoms with Crippen LogP contribution in [0.25, 0.3) is 0 Å². The third-order valence-electron chi connectivity index (χ3n) is 2.80. The average molecular weight is 229 g/mol. The average Bonchev–Trinajstić information content (AvgIpc) is 2.79. The van der Waals surface area contributed by atoms with Gasteiger partial charge in [0.1, 0.15) is 0 Å². The zero-order valence-electron chi connectivity index (χ0n) is 10.5. The Morgan fingerprint density at radius 1 is 1.18 bits per heavy atom. The van der Waals surface area contributed by atoms with E-state index in [1.165, 1.54) is 12.0 Å². The number of aromatic nitrogens is 2. The molecule has 1 heterocycles. The second-order valence-electron chi connectivity index (χ2n) is 4.11. The summed E-state index contributed by atoms with van der Waals surface area (Å²) in [6.45, 7) is 5.23. The third-order valence-corrected chi connectivity index (χ3v) is 2.80. The molecule has 0 saturated heterocycles. The van der Waals surface area contributed by atoms with E-state index in [2.05, 4.69) is 53.0 Å². The lowest BCUT2D eigenvalue weighted by molar-refractivity contribution is 0.772. The molecule has 0 amide bonds. The van der Waals surface area contributed by atoms with Crippen molar-refractivity contribution in [2.75, 3.05) is 5.32 Å². The summed E-state index contributed by atoms with van der Waals surface area (Å²) in [5, 5.41) is 3.32. The first-order valence-corrected chi connectivity index (χ1v) is 6.20. The second-order valence-corrected chi connectivity index (χ2v) is 4.11. The lowest BCUT2D eigenvalue weighted by Crippen LogP contribution is -2.01. The first kappa shape index (κ1) is 11.7. The monoisotopic (exact) mass is 229 g/mol. The molecule has 0 aliphatic rings. The van der Waals surface area contributed by atoms with Crippen molar-refractivity contribution in [1.82, 2.24) is 9.55 Å². The molecule has 17 heavy (non-hydrogen) atoms. The van der Waals surface area contributed by atoms with Gasteiger partial charge in [-0.3, -0.25) is 0 Å². The molecule has 3 nitrogen and oxygen atoms in total. The molecule has 0 unspecified atom stereocenters. The minimum atomic E-state index is 0.899. The van der Waals surface area contributed by atoms with Gasteiger partial charge in [0, 0.05) is 24.6 Å². The number of aryl methyl sites for hydroxylation is 2. The molecule has 0 atom stereocenters. The van der Waals surface area contributed by atoms with Crippen molar-refractivity contribution in [1.29, 1.82) is 0 Å². The van der Waals surface area contributed by atoms with Crippen LogP contribution in [0.15, 0.2) is 36.7 Å². The van der Waals surface area contributed by atoms with Crippen LogP contribution in [0.2, 0.25) is 0 Å². The molecule has 0 aliphatic carbocycles. The Labute approximate surface area is 103 Å². The number of rotatable bonds is 5. The van der Waals surface area contributed by atoms with Crippen LogP contribution in [-0.4, -0.2) is 9.55 Å². The van der Waals surface area contributed by atoms with Gasteiger partial charge in [-0.25, -0.2) is 4.98 Å². The molecule has 0 spiro atoms. The zero-order valence-corrected chi connectivity index (χ0v) is 10.5. The number of hydrogen-bond acceptors (Lipinski definition) is 2. The summed E-state index contributed by atoms with van der Waals surface area (Å²) in [4.78, 5) is 4.29. The van der Waals surface area contributed by atoms with Crippen LogP contribution in [0.1, 0.15) is 25.8 Å². The number of benzene rings is 1. The molecule has 90 valence electrons. The number of nitrogens with one attached hydrogen (secondary N) is 1. The molecule has 0 radical (unpaired) electrons. The highest BCUT2D eigenvalue weighted by molar-refractivity contribution is 5.54. The van der Waals surface area contributed by atoms with Gasteiger partial charge in [0.05, 0.1) is 0 Å². The topological polar surface area (TPSA) is 29.9 Å². The molecular weight excluding hydrogens is 210 g/mol. The summed E-state index contributed by atoms with van der Waals surface area (Å²) in [7, 11) is 0. The summed E-state index contributed by atoms with van der Waals surface area (Å²) in [6, 6.07) is 8.56. The molecule has 1 aromatic carbocycles. The molecule has 3 heteroatoms. The van der Waals surface area contributed by atoms with Gasteiger partial charge in [-0.05, 0) is 31.0 Å². The van der Waals surface area contributed by atoms with E-state index in [9.17, 15) is 0 Å². The highest BCUT2D eigenvalue weighted by Crippen LogP contribution is 2.16. The van der Waals surface area contributed by atoms with Crippen LogP contribution < -0.4 is 5.32 Å². The lowest BCUT2D eigenvalue weighted by atomic mass is 10.1. The standard InChI is InChI=1S/C14H19N3/c1-3-5-12-6-8-13(9-7-12)16-14-15-10-11-17(14)4-2/h6-11H,3-5H2,1-2H3,(H,15,16). The Hall–Kier alpha value is -1.77. The summed E-state index contributed by atoms with van der Waals surface area (Å²) in [5.41, 5.74) is 2.47. The van der Waals surface area contributed by atoms with E-state index in [1.807, 2.05) is 12.4 Å². The second kappa shape index (κ2) is 5.53. The van der Waals surface area contributed by atoms with Gasteiger partial charge >= 0.3 is 0 Å². The normalized spacial score (nSPS) is 10.5. The van der Waals surface area contributed by atoms with Crippen LogP contribution >= 0.6 is 0 Å². The van der Waals surface area contributed by atoms with Gasteiger partial charge in [-0.15, -0.1) is 0 Å². The van der Waals surface area contributed by atoms with Gasteiger partial charge in [0.2, 0.25) is 5.95 Å². The van der Waals surface area contributed by atoms with E-state index < -0.39 is 0 Å². The summed E-state index contributed by atoms with van der Waals surface area (Å²) < 4.78 is 2.08. The van der Waals surface area contributed by atoms with Crippen LogP contribution in [0.4, 0.5) is 11.6 Å². The zero-order chi connectivity index (χ0) is 12.1. The molecule has 2 rings (SSSR count). The Kier molecular flexibility index (Phi) is 3.81. The minimum Gasteiger partial charge on any atom is -0.326 e. The van der Waals surface area contributed by atoms with Crippen molar-refractivity contribution in [2.45, 2.75) is 33.2 Å². The van der Waals surface area contributed by atoms with E-state index in [4.69, 9.17) is 0 Å². The number of anilines is 2. The van der Waals surface area contributed by atoms with Crippen molar-refractivity contribution >= 4 is 11.6 Å². The predicted molar refractivity (Wildman–Crippen MR) is 71.6 cm³/mol. The molecule has 2 aromatic rings. The first-order valence-electron chi connectivity index (χ1n) is 6.20. The maximum absolute atomic E-state index is 4.29. The van der Waals surface area contributed by atoms with E-state index in [1.54, 1.807) is 0 Å². The fourth-order valence-electron chi connectivity index (χ4n) is 1.86. The van der Waals surface area contributed by atoms with Crippen LogP contribution in [0.5, 0.6) is 0 Å². The quantitative estimate of drug-likeness (QED) is 0.849. The van der Waals surface area contributed by atoms with Crippen molar-refractivity contribution in [3.63, 3.8) is 0 Å². The van der Waals surface area contributed by atoms with E-state index in [0.29, 0.717) is 0 Å². The third kappa shape index (κ3) is 2.87. The van der Waals surface area contributed by atoms with Gasteiger partial charge < -0.3 is 9.88 Å². The fraction of sp³-hybridized carbons (Fsp3) is 0.357. The molecule has 0 aliphatic heterocycles. The van der Waals surface area contributed by atoms with Gasteiger partial charge in [0.25, 0.3) is 0 Å². The first-order chi connectivity index (χ1) is 8.33. The summed E-state index contributed by atoms with van der Waals surface area (Å²) in [6.07, 6.45) is 6.13. The Morgan fingerprint density at radius 2 is 1.94 bits per heavy atom. The van der Waals surface area contributed by atoms with Crippen molar-refractivity contribution in [3.8, 4) is 0 Å². The molecule has 0 bridgehead atoms. The predicted octanol–water partition coefficient (Wildman–Crippen LogP) is 3.60.